The molecule has 0 aromatic heterocycles. The van der Waals surface area contributed by atoms with E-state index in [0.717, 1.165) is 22.4 Å². The molecule has 0 spiro atoms. The van der Waals surface area contributed by atoms with Gasteiger partial charge < -0.3 is 5.32 Å². The molecule has 1 saturated heterocycles. The fraction of sp³-hybridized carbons (Fsp3) is 0.300. The van der Waals surface area contributed by atoms with Gasteiger partial charge in [-0.15, -0.1) is 0 Å². The number of amides is 2. The van der Waals surface area contributed by atoms with Gasteiger partial charge in [-0.2, -0.15) is 0 Å². The zero-order chi connectivity index (χ0) is 17.4. The maximum Gasteiger partial charge on any atom is 0.256 e. The van der Waals surface area contributed by atoms with Crippen molar-refractivity contribution in [2.45, 2.75) is 40.2 Å². The minimum atomic E-state index is -0.516. The van der Waals surface area contributed by atoms with Crippen LogP contribution >= 0.6 is 0 Å². The Hall–Kier alpha value is -2.62. The minimum absolute atomic E-state index is 0.158. The monoisotopic (exact) mass is 322 g/mol. The largest absolute Gasteiger partial charge is 0.373 e. The van der Waals surface area contributed by atoms with Crippen molar-refractivity contribution in [1.29, 1.82) is 0 Å². The summed E-state index contributed by atoms with van der Waals surface area (Å²) in [5, 5.41) is 3.29. The van der Waals surface area contributed by atoms with Crippen molar-refractivity contribution in [3.05, 3.63) is 58.7 Å². The van der Waals surface area contributed by atoms with E-state index in [-0.39, 0.29) is 18.2 Å². The van der Waals surface area contributed by atoms with Crippen molar-refractivity contribution in [3.8, 4) is 0 Å². The van der Waals surface area contributed by atoms with Crippen LogP contribution in [0, 0.1) is 27.7 Å². The first kappa shape index (κ1) is 16.2. The van der Waals surface area contributed by atoms with Crippen LogP contribution in [-0.4, -0.2) is 17.9 Å². The van der Waals surface area contributed by atoms with Crippen molar-refractivity contribution in [1.82, 2.24) is 0 Å². The zero-order valence-corrected chi connectivity index (χ0v) is 14.5. The third-order valence-electron chi connectivity index (χ3n) is 4.50. The maximum absolute atomic E-state index is 12.8. The average molecular weight is 322 g/mol. The fourth-order valence-corrected chi connectivity index (χ4v) is 3.39. The number of aryl methyl sites for hydroxylation is 4. The van der Waals surface area contributed by atoms with Gasteiger partial charge in [0.2, 0.25) is 5.91 Å². The number of carbonyl (C=O) groups excluding carboxylic acids is 2. The molecule has 2 aromatic rings. The number of benzene rings is 2. The predicted octanol–water partition coefficient (Wildman–Crippen LogP) is 3.66. The summed E-state index contributed by atoms with van der Waals surface area (Å²) in [5.74, 6) is -0.345. The van der Waals surface area contributed by atoms with Gasteiger partial charge in [0.25, 0.3) is 5.91 Å². The van der Waals surface area contributed by atoms with Crippen LogP contribution < -0.4 is 10.2 Å². The van der Waals surface area contributed by atoms with Crippen molar-refractivity contribution in [2.24, 2.45) is 0 Å². The third-order valence-corrected chi connectivity index (χ3v) is 4.50. The normalized spacial score (nSPS) is 17.5. The lowest BCUT2D eigenvalue weighted by molar-refractivity contribution is -0.121. The van der Waals surface area contributed by atoms with Gasteiger partial charge in [-0.25, -0.2) is 4.90 Å². The second-order valence-corrected chi connectivity index (χ2v) is 6.53. The predicted molar refractivity (Wildman–Crippen MR) is 96.4 cm³/mol. The molecule has 4 nitrogen and oxygen atoms in total. The van der Waals surface area contributed by atoms with E-state index in [1.165, 1.54) is 10.5 Å². The highest BCUT2D eigenvalue weighted by Gasteiger charge is 2.40. The van der Waals surface area contributed by atoms with Crippen molar-refractivity contribution >= 4 is 23.2 Å². The molecule has 1 aliphatic heterocycles. The Labute approximate surface area is 142 Å². The smallest absolute Gasteiger partial charge is 0.256 e. The van der Waals surface area contributed by atoms with E-state index in [1.54, 1.807) is 0 Å². The highest BCUT2D eigenvalue weighted by Crippen LogP contribution is 2.29. The quantitative estimate of drug-likeness (QED) is 0.877. The van der Waals surface area contributed by atoms with Crippen LogP contribution in [0.4, 0.5) is 11.4 Å². The number of hydrogen-bond acceptors (Lipinski definition) is 3. The first-order chi connectivity index (χ1) is 11.4. The molecule has 4 heteroatoms. The van der Waals surface area contributed by atoms with Gasteiger partial charge in [0, 0.05) is 5.69 Å². The number of imide groups is 1. The third kappa shape index (κ3) is 2.80. The second kappa shape index (κ2) is 6.11. The van der Waals surface area contributed by atoms with Gasteiger partial charge in [0.15, 0.2) is 0 Å². The van der Waals surface area contributed by atoms with Crippen LogP contribution in [-0.2, 0) is 9.59 Å². The molecule has 1 fully saturated rings. The average Bonchev–Trinajstić information content (AvgIpc) is 2.78. The number of para-hydroxylation sites is 1. The lowest BCUT2D eigenvalue weighted by Crippen LogP contribution is -2.35. The maximum atomic E-state index is 12.8. The van der Waals surface area contributed by atoms with Crippen LogP contribution in [0.5, 0.6) is 0 Å². The SMILES string of the molecule is Cc1cc(C)c(N[C@@H]2CC(=O)N(c3ccccc3C)C2=O)c(C)c1. The standard InChI is InChI=1S/C20H22N2O2/c1-12-9-14(3)19(15(4)10-12)21-16-11-18(23)22(20(16)24)17-8-6-5-7-13(17)2/h5-10,16,21H,11H2,1-4H3/t16-/m1/s1. The van der Waals surface area contributed by atoms with E-state index in [0.29, 0.717) is 5.69 Å². The molecule has 124 valence electrons. The molecule has 1 heterocycles. The lowest BCUT2D eigenvalue weighted by Gasteiger charge is -2.20. The molecule has 2 aromatic carbocycles. The Morgan fingerprint density at radius 2 is 1.58 bits per heavy atom. The van der Waals surface area contributed by atoms with Gasteiger partial charge in [-0.1, -0.05) is 35.9 Å². The number of nitrogens with one attached hydrogen (secondary N) is 1. The van der Waals surface area contributed by atoms with E-state index >= 15 is 0 Å². The van der Waals surface area contributed by atoms with E-state index in [2.05, 4.69) is 17.4 Å². The summed E-state index contributed by atoms with van der Waals surface area (Å²) in [6.07, 6.45) is 0.180. The van der Waals surface area contributed by atoms with Gasteiger partial charge in [0.05, 0.1) is 12.1 Å². The number of rotatable bonds is 3. The highest BCUT2D eigenvalue weighted by molar-refractivity contribution is 6.23. The summed E-state index contributed by atoms with van der Waals surface area (Å²) in [5.41, 5.74) is 5.89. The summed E-state index contributed by atoms with van der Waals surface area (Å²) >= 11 is 0. The summed E-state index contributed by atoms with van der Waals surface area (Å²) in [4.78, 5) is 26.5. The first-order valence-electron chi connectivity index (χ1n) is 8.15. The summed E-state index contributed by atoms with van der Waals surface area (Å²) in [7, 11) is 0. The molecular weight excluding hydrogens is 300 g/mol. The number of carbonyl (C=O) groups is 2. The van der Waals surface area contributed by atoms with E-state index in [1.807, 2.05) is 52.0 Å². The first-order valence-corrected chi connectivity index (χ1v) is 8.15. The van der Waals surface area contributed by atoms with Crippen LogP contribution in [0.25, 0.3) is 0 Å². The number of hydrogen-bond donors (Lipinski definition) is 1. The molecule has 0 saturated carbocycles. The summed E-state index contributed by atoms with van der Waals surface area (Å²) in [6, 6.07) is 11.1. The summed E-state index contributed by atoms with van der Waals surface area (Å²) in [6.45, 7) is 7.99. The highest BCUT2D eigenvalue weighted by atomic mass is 16.2. The minimum Gasteiger partial charge on any atom is -0.373 e. The lowest BCUT2D eigenvalue weighted by atomic mass is 10.0. The molecule has 0 unspecified atom stereocenters. The number of anilines is 2. The fourth-order valence-electron chi connectivity index (χ4n) is 3.39. The Bertz CT molecular complexity index is 803. The van der Waals surface area contributed by atoms with Gasteiger partial charge >= 0.3 is 0 Å². The van der Waals surface area contributed by atoms with E-state index in [4.69, 9.17) is 0 Å². The van der Waals surface area contributed by atoms with Crippen LogP contribution in [0.2, 0.25) is 0 Å². The topological polar surface area (TPSA) is 49.4 Å². The Balaban J connectivity index is 1.89. The van der Waals surface area contributed by atoms with Gasteiger partial charge in [-0.3, -0.25) is 9.59 Å². The van der Waals surface area contributed by atoms with Crippen LogP contribution in [0.1, 0.15) is 28.7 Å². The van der Waals surface area contributed by atoms with E-state index in [9.17, 15) is 9.59 Å². The summed E-state index contributed by atoms with van der Waals surface area (Å²) < 4.78 is 0. The Morgan fingerprint density at radius 3 is 2.21 bits per heavy atom. The van der Waals surface area contributed by atoms with Crippen LogP contribution in [0.15, 0.2) is 36.4 Å². The van der Waals surface area contributed by atoms with E-state index < -0.39 is 6.04 Å². The molecule has 1 N–H and O–H groups in total. The molecule has 24 heavy (non-hydrogen) atoms. The van der Waals surface area contributed by atoms with Gasteiger partial charge in [-0.05, 0) is 50.5 Å². The second-order valence-electron chi connectivity index (χ2n) is 6.53. The van der Waals surface area contributed by atoms with Crippen molar-refractivity contribution in [2.75, 3.05) is 10.2 Å². The number of nitrogens with zero attached hydrogens (tertiary/aromatic N) is 1. The Morgan fingerprint density at radius 1 is 0.958 bits per heavy atom. The molecule has 0 aliphatic carbocycles. The molecule has 0 radical (unpaired) electrons. The van der Waals surface area contributed by atoms with Gasteiger partial charge in [0.1, 0.15) is 6.04 Å². The van der Waals surface area contributed by atoms with Crippen molar-refractivity contribution < 1.29 is 9.59 Å². The molecule has 1 aliphatic rings. The van der Waals surface area contributed by atoms with Crippen LogP contribution in [0.3, 0.4) is 0 Å². The molecule has 2 amide bonds. The molecule has 0 bridgehead atoms. The Kier molecular flexibility index (Phi) is 4.14. The molecule has 3 rings (SSSR count). The van der Waals surface area contributed by atoms with Crippen molar-refractivity contribution in [3.63, 3.8) is 0 Å². The molecular formula is C20H22N2O2. The molecule has 1 atom stereocenters. The zero-order valence-electron chi connectivity index (χ0n) is 14.5.